The first-order valence-corrected chi connectivity index (χ1v) is 11.5. The van der Waals surface area contributed by atoms with Gasteiger partial charge in [-0.1, -0.05) is 0 Å². The highest BCUT2D eigenvalue weighted by molar-refractivity contribution is 7.89. The van der Waals surface area contributed by atoms with Gasteiger partial charge in [-0.2, -0.15) is 4.31 Å². The van der Waals surface area contributed by atoms with Gasteiger partial charge in [0.05, 0.1) is 25.2 Å². The van der Waals surface area contributed by atoms with E-state index < -0.39 is 15.8 Å². The lowest BCUT2D eigenvalue weighted by Crippen LogP contribution is -2.43. The van der Waals surface area contributed by atoms with E-state index in [9.17, 15) is 17.6 Å². The van der Waals surface area contributed by atoms with Crippen molar-refractivity contribution < 1.29 is 27.1 Å². The zero-order valence-corrected chi connectivity index (χ0v) is 18.6. The first-order chi connectivity index (χ1) is 14.8. The van der Waals surface area contributed by atoms with E-state index in [-0.39, 0.29) is 35.9 Å². The van der Waals surface area contributed by atoms with E-state index in [1.807, 2.05) is 13.0 Å². The van der Waals surface area contributed by atoms with Crippen LogP contribution in [0.25, 0.3) is 0 Å². The predicted molar refractivity (Wildman–Crippen MR) is 114 cm³/mol. The molecule has 0 bridgehead atoms. The highest BCUT2D eigenvalue weighted by Crippen LogP contribution is 2.30. The number of hydrogen-bond donors (Lipinski definition) is 1. The topological polar surface area (TPSA) is 84.9 Å². The van der Waals surface area contributed by atoms with E-state index in [0.717, 1.165) is 17.7 Å². The molecule has 1 N–H and O–H groups in total. The van der Waals surface area contributed by atoms with Crippen LogP contribution in [0.1, 0.15) is 31.4 Å². The van der Waals surface area contributed by atoms with Crippen molar-refractivity contribution in [3.05, 3.63) is 53.8 Å². The van der Waals surface area contributed by atoms with E-state index in [2.05, 4.69) is 5.32 Å². The fourth-order valence-electron chi connectivity index (χ4n) is 3.70. The average Bonchev–Trinajstić information content (AvgIpc) is 2.78. The number of nitrogens with zero attached hydrogens (tertiary/aromatic N) is 1. The first kappa shape index (κ1) is 23.0. The maximum Gasteiger partial charge on any atom is 0.243 e. The molecule has 0 saturated carbocycles. The van der Waals surface area contributed by atoms with Gasteiger partial charge in [0.1, 0.15) is 17.3 Å². The highest BCUT2D eigenvalue weighted by atomic mass is 32.2. The molecule has 1 fully saturated rings. The molecule has 0 aromatic heterocycles. The number of ether oxygens (including phenoxy) is 2. The quantitative estimate of drug-likeness (QED) is 0.701. The van der Waals surface area contributed by atoms with Crippen LogP contribution in [0.5, 0.6) is 11.5 Å². The normalized spacial score (nSPS) is 16.5. The third-order valence-electron chi connectivity index (χ3n) is 5.54. The zero-order chi connectivity index (χ0) is 22.6. The highest BCUT2D eigenvalue weighted by Gasteiger charge is 2.32. The lowest BCUT2D eigenvalue weighted by atomic mass is 9.96. The molecule has 2 aromatic rings. The SMILES string of the molecule is COc1ccc(OC)c([C@H](C)NC(=O)C2CCN(S(=O)(=O)c3ccc(F)cc3)CC2)c1. The Morgan fingerprint density at radius 1 is 1.10 bits per heavy atom. The van der Waals surface area contributed by atoms with Gasteiger partial charge >= 0.3 is 0 Å². The molecule has 9 heteroatoms. The molecule has 1 aliphatic rings. The molecule has 31 heavy (non-hydrogen) atoms. The molecule has 0 unspecified atom stereocenters. The summed E-state index contributed by atoms with van der Waals surface area (Å²) in [6.07, 6.45) is 0.822. The Labute approximate surface area is 182 Å². The smallest absolute Gasteiger partial charge is 0.243 e. The number of carbonyl (C=O) groups is 1. The van der Waals surface area contributed by atoms with E-state index in [0.29, 0.717) is 24.3 Å². The number of carbonyl (C=O) groups excluding carboxylic acids is 1. The summed E-state index contributed by atoms with van der Waals surface area (Å²) >= 11 is 0. The van der Waals surface area contributed by atoms with Gasteiger partial charge in [-0.3, -0.25) is 4.79 Å². The number of sulfonamides is 1. The largest absolute Gasteiger partial charge is 0.497 e. The second-order valence-electron chi connectivity index (χ2n) is 7.47. The van der Waals surface area contributed by atoms with Crippen molar-refractivity contribution >= 4 is 15.9 Å². The molecule has 3 rings (SSSR count). The summed E-state index contributed by atoms with van der Waals surface area (Å²) in [6, 6.07) is 9.85. The van der Waals surface area contributed by atoms with Crippen molar-refractivity contribution in [2.75, 3.05) is 27.3 Å². The number of hydrogen-bond acceptors (Lipinski definition) is 5. The Kier molecular flexibility index (Phi) is 7.17. The molecule has 0 spiro atoms. The molecular formula is C22H27FN2O5S. The standard InChI is InChI=1S/C22H27FN2O5S/c1-15(20-14-18(29-2)6-9-21(20)30-3)24-22(26)16-10-12-25(13-11-16)31(27,28)19-7-4-17(23)5-8-19/h4-9,14-16H,10-13H2,1-3H3,(H,24,26)/t15-/m0/s1. The van der Waals surface area contributed by atoms with Crippen LogP contribution in [0.3, 0.4) is 0 Å². The minimum absolute atomic E-state index is 0.0514. The van der Waals surface area contributed by atoms with Crippen molar-refractivity contribution in [2.24, 2.45) is 5.92 Å². The Balaban J connectivity index is 1.62. The van der Waals surface area contributed by atoms with Crippen LogP contribution in [-0.4, -0.2) is 45.9 Å². The Bertz CT molecular complexity index is 1020. The minimum Gasteiger partial charge on any atom is -0.497 e. The second kappa shape index (κ2) is 9.65. The fraction of sp³-hybridized carbons (Fsp3) is 0.409. The van der Waals surface area contributed by atoms with Gasteiger partial charge in [0.25, 0.3) is 0 Å². The number of rotatable bonds is 7. The molecule has 1 saturated heterocycles. The van der Waals surface area contributed by atoms with Gasteiger partial charge in [0.2, 0.25) is 15.9 Å². The van der Waals surface area contributed by atoms with Gasteiger partial charge in [-0.05, 0) is 62.2 Å². The summed E-state index contributed by atoms with van der Waals surface area (Å²) in [5.41, 5.74) is 0.798. The summed E-state index contributed by atoms with van der Waals surface area (Å²) < 4.78 is 50.6. The van der Waals surface area contributed by atoms with Crippen LogP contribution in [0.4, 0.5) is 4.39 Å². The summed E-state index contributed by atoms with van der Waals surface area (Å²) in [5, 5.41) is 3.00. The summed E-state index contributed by atoms with van der Waals surface area (Å²) in [6.45, 7) is 2.33. The van der Waals surface area contributed by atoms with Crippen molar-refractivity contribution in [3.63, 3.8) is 0 Å². The van der Waals surface area contributed by atoms with E-state index in [1.54, 1.807) is 26.4 Å². The van der Waals surface area contributed by atoms with Gasteiger partial charge < -0.3 is 14.8 Å². The van der Waals surface area contributed by atoms with Crippen molar-refractivity contribution in [2.45, 2.75) is 30.7 Å². The predicted octanol–water partition coefficient (Wildman–Crippen LogP) is 3.12. The summed E-state index contributed by atoms with van der Waals surface area (Å²) in [5.74, 6) is 0.399. The molecule has 0 radical (unpaired) electrons. The monoisotopic (exact) mass is 450 g/mol. The van der Waals surface area contributed by atoms with Crippen molar-refractivity contribution in [3.8, 4) is 11.5 Å². The van der Waals surface area contributed by atoms with Crippen molar-refractivity contribution in [1.29, 1.82) is 0 Å². The average molecular weight is 451 g/mol. The van der Waals surface area contributed by atoms with Gasteiger partial charge in [0, 0.05) is 24.6 Å². The Hall–Kier alpha value is -2.65. The maximum atomic E-state index is 13.1. The van der Waals surface area contributed by atoms with E-state index >= 15 is 0 Å². The Morgan fingerprint density at radius 3 is 2.32 bits per heavy atom. The number of benzene rings is 2. The minimum atomic E-state index is -3.71. The van der Waals surface area contributed by atoms with E-state index in [1.165, 1.54) is 16.4 Å². The van der Waals surface area contributed by atoms with Crippen molar-refractivity contribution in [1.82, 2.24) is 9.62 Å². The van der Waals surface area contributed by atoms with Gasteiger partial charge in [-0.15, -0.1) is 0 Å². The van der Waals surface area contributed by atoms with Crippen LogP contribution >= 0.6 is 0 Å². The van der Waals surface area contributed by atoms with Crippen LogP contribution < -0.4 is 14.8 Å². The number of nitrogens with one attached hydrogen (secondary N) is 1. The molecule has 1 atom stereocenters. The van der Waals surface area contributed by atoms with Gasteiger partial charge in [-0.25, -0.2) is 12.8 Å². The molecule has 1 heterocycles. The molecule has 0 aliphatic carbocycles. The lowest BCUT2D eigenvalue weighted by molar-refractivity contribution is -0.126. The first-order valence-electron chi connectivity index (χ1n) is 10.0. The summed E-state index contributed by atoms with van der Waals surface area (Å²) in [4.78, 5) is 12.9. The molecule has 168 valence electrons. The van der Waals surface area contributed by atoms with E-state index in [4.69, 9.17) is 9.47 Å². The lowest BCUT2D eigenvalue weighted by Gasteiger charge is -2.31. The third kappa shape index (κ3) is 5.16. The number of piperidine rings is 1. The maximum absolute atomic E-state index is 13.1. The summed E-state index contributed by atoms with van der Waals surface area (Å²) in [7, 11) is -0.568. The molecule has 2 aromatic carbocycles. The van der Waals surface area contributed by atoms with Crippen LogP contribution in [0.15, 0.2) is 47.4 Å². The third-order valence-corrected chi connectivity index (χ3v) is 7.45. The molecule has 7 nitrogen and oxygen atoms in total. The van der Waals surface area contributed by atoms with Crippen LogP contribution in [0, 0.1) is 11.7 Å². The Morgan fingerprint density at radius 2 is 1.74 bits per heavy atom. The fourth-order valence-corrected chi connectivity index (χ4v) is 5.17. The van der Waals surface area contributed by atoms with Gasteiger partial charge in [0.15, 0.2) is 0 Å². The van der Waals surface area contributed by atoms with Crippen LogP contribution in [0.2, 0.25) is 0 Å². The zero-order valence-electron chi connectivity index (χ0n) is 17.8. The molecule has 1 amide bonds. The molecular weight excluding hydrogens is 423 g/mol. The second-order valence-corrected chi connectivity index (χ2v) is 9.41. The number of halogens is 1. The van der Waals surface area contributed by atoms with Crippen LogP contribution in [-0.2, 0) is 14.8 Å². The number of amides is 1. The molecule has 1 aliphatic heterocycles. The number of methoxy groups -OCH3 is 2.